The number of nitrogens with zero attached hydrogens (tertiary/aromatic N) is 1. The van der Waals surface area contributed by atoms with Crippen molar-refractivity contribution in [1.82, 2.24) is 9.97 Å². The number of benzene rings is 1. The summed E-state index contributed by atoms with van der Waals surface area (Å²) in [7, 11) is 0. The number of rotatable bonds is 0. The van der Waals surface area contributed by atoms with Gasteiger partial charge >= 0.3 is 0 Å². The SMILES string of the molecule is [c]1nc2ccccc2[nH]1. The maximum absolute atomic E-state index is 3.94. The van der Waals surface area contributed by atoms with Crippen molar-refractivity contribution < 1.29 is 0 Å². The lowest BCUT2D eigenvalue weighted by atomic mass is 10.3. The molecule has 0 aliphatic rings. The molecule has 1 heterocycles. The van der Waals surface area contributed by atoms with Gasteiger partial charge in [-0.25, -0.2) is 4.98 Å². The third-order valence-electron chi connectivity index (χ3n) is 1.27. The number of aromatic amines is 1. The maximum atomic E-state index is 3.94. The molecule has 1 aromatic carbocycles. The van der Waals surface area contributed by atoms with Gasteiger partial charge < -0.3 is 4.98 Å². The Hall–Kier alpha value is -1.31. The number of fused-ring (bicyclic) bond motifs is 1. The summed E-state index contributed by atoms with van der Waals surface area (Å²) in [5.74, 6) is 0. The van der Waals surface area contributed by atoms with E-state index in [-0.39, 0.29) is 0 Å². The van der Waals surface area contributed by atoms with E-state index in [0.29, 0.717) is 0 Å². The van der Waals surface area contributed by atoms with Crippen molar-refractivity contribution in [3.8, 4) is 0 Å². The monoisotopic (exact) mass is 117 g/mol. The molecular weight excluding hydrogens is 112 g/mol. The van der Waals surface area contributed by atoms with Gasteiger partial charge in [0.15, 0.2) is 6.33 Å². The molecule has 2 nitrogen and oxygen atoms in total. The number of H-pyrrole nitrogens is 1. The van der Waals surface area contributed by atoms with E-state index in [2.05, 4.69) is 16.3 Å². The van der Waals surface area contributed by atoms with Gasteiger partial charge in [0.2, 0.25) is 0 Å². The van der Waals surface area contributed by atoms with Crippen LogP contribution in [0.5, 0.6) is 0 Å². The fraction of sp³-hybridized carbons (Fsp3) is 0. The Kier molecular flexibility index (Phi) is 0.803. The van der Waals surface area contributed by atoms with Crippen molar-refractivity contribution in [3.63, 3.8) is 0 Å². The molecule has 1 radical (unpaired) electrons. The number of aromatic nitrogens is 2. The first-order chi connectivity index (χ1) is 4.47. The minimum atomic E-state index is 0.970. The van der Waals surface area contributed by atoms with Gasteiger partial charge in [0, 0.05) is 0 Å². The van der Waals surface area contributed by atoms with Gasteiger partial charge in [-0.05, 0) is 12.1 Å². The predicted octanol–water partition coefficient (Wildman–Crippen LogP) is 1.36. The Morgan fingerprint density at radius 1 is 1.33 bits per heavy atom. The van der Waals surface area contributed by atoms with Gasteiger partial charge in [0.25, 0.3) is 0 Å². The van der Waals surface area contributed by atoms with Gasteiger partial charge in [-0.15, -0.1) is 0 Å². The van der Waals surface area contributed by atoms with Crippen LogP contribution >= 0.6 is 0 Å². The van der Waals surface area contributed by atoms with Crippen LogP contribution in [0.4, 0.5) is 0 Å². The lowest BCUT2D eigenvalue weighted by molar-refractivity contribution is 1.32. The summed E-state index contributed by atoms with van der Waals surface area (Å²) in [6.07, 6.45) is 2.66. The van der Waals surface area contributed by atoms with Gasteiger partial charge in [-0.2, -0.15) is 0 Å². The highest BCUT2D eigenvalue weighted by Crippen LogP contribution is 2.04. The quantitative estimate of drug-likeness (QED) is 0.554. The molecule has 0 atom stereocenters. The van der Waals surface area contributed by atoms with Crippen LogP contribution in [0.1, 0.15) is 0 Å². The zero-order chi connectivity index (χ0) is 6.10. The molecule has 1 aromatic heterocycles. The summed E-state index contributed by atoms with van der Waals surface area (Å²) in [6, 6.07) is 7.84. The van der Waals surface area contributed by atoms with E-state index in [1.54, 1.807) is 0 Å². The number of nitrogens with one attached hydrogen (secondary N) is 1. The molecular formula is C7H5N2. The van der Waals surface area contributed by atoms with E-state index in [9.17, 15) is 0 Å². The molecule has 0 unspecified atom stereocenters. The Morgan fingerprint density at radius 3 is 3.11 bits per heavy atom. The molecule has 2 aromatic rings. The molecule has 0 fully saturated rings. The molecule has 43 valence electrons. The number of imidazole rings is 1. The van der Waals surface area contributed by atoms with Crippen LogP contribution in [-0.2, 0) is 0 Å². The van der Waals surface area contributed by atoms with Crippen molar-refractivity contribution >= 4 is 11.0 Å². The average Bonchev–Trinajstić information content (AvgIpc) is 2.33. The van der Waals surface area contributed by atoms with Crippen molar-refractivity contribution in [2.75, 3.05) is 0 Å². The summed E-state index contributed by atoms with van der Waals surface area (Å²) in [5.41, 5.74) is 2.01. The first-order valence-electron chi connectivity index (χ1n) is 2.77. The lowest BCUT2D eigenvalue weighted by Crippen LogP contribution is -1.63. The van der Waals surface area contributed by atoms with E-state index >= 15 is 0 Å². The fourth-order valence-electron chi connectivity index (χ4n) is 0.825. The second-order valence-corrected chi connectivity index (χ2v) is 1.87. The van der Waals surface area contributed by atoms with Crippen LogP contribution in [0.25, 0.3) is 11.0 Å². The second-order valence-electron chi connectivity index (χ2n) is 1.87. The van der Waals surface area contributed by atoms with Crippen LogP contribution in [0.15, 0.2) is 24.3 Å². The molecule has 2 heteroatoms. The average molecular weight is 117 g/mol. The minimum Gasteiger partial charge on any atom is -0.335 e. The standard InChI is InChI=1S/C7H5N2/c1-2-4-7-6(3-1)8-5-9-7/h1-4H,(H,8,9). The third-order valence-corrected chi connectivity index (χ3v) is 1.27. The van der Waals surface area contributed by atoms with Crippen LogP contribution in [-0.4, -0.2) is 9.97 Å². The zero-order valence-electron chi connectivity index (χ0n) is 4.76. The summed E-state index contributed by atoms with van der Waals surface area (Å²) in [6.45, 7) is 0. The van der Waals surface area contributed by atoms with E-state index in [1.165, 1.54) is 0 Å². The van der Waals surface area contributed by atoms with Crippen molar-refractivity contribution in [3.05, 3.63) is 30.6 Å². The minimum absolute atomic E-state index is 0.970. The highest BCUT2D eigenvalue weighted by Gasteiger charge is 1.89. The Morgan fingerprint density at radius 2 is 2.22 bits per heavy atom. The van der Waals surface area contributed by atoms with Gasteiger partial charge in [-0.3, -0.25) is 0 Å². The van der Waals surface area contributed by atoms with E-state index < -0.39 is 0 Å². The predicted molar refractivity (Wildman–Crippen MR) is 34.9 cm³/mol. The molecule has 0 saturated carbocycles. The van der Waals surface area contributed by atoms with Gasteiger partial charge in [0.05, 0.1) is 11.0 Å². The van der Waals surface area contributed by atoms with Crippen molar-refractivity contribution in [1.29, 1.82) is 0 Å². The Labute approximate surface area is 52.5 Å². The summed E-state index contributed by atoms with van der Waals surface area (Å²) in [5, 5.41) is 0. The van der Waals surface area contributed by atoms with Gasteiger partial charge in [0.1, 0.15) is 0 Å². The zero-order valence-corrected chi connectivity index (χ0v) is 4.76. The van der Waals surface area contributed by atoms with Crippen LogP contribution in [0, 0.1) is 6.33 Å². The fourth-order valence-corrected chi connectivity index (χ4v) is 0.825. The summed E-state index contributed by atoms with van der Waals surface area (Å²) >= 11 is 0. The first kappa shape index (κ1) is 4.56. The van der Waals surface area contributed by atoms with Crippen LogP contribution < -0.4 is 0 Å². The molecule has 9 heavy (non-hydrogen) atoms. The molecule has 1 N–H and O–H groups in total. The third kappa shape index (κ3) is 0.598. The smallest absolute Gasteiger partial charge is 0.174 e. The van der Waals surface area contributed by atoms with E-state index in [0.717, 1.165) is 11.0 Å². The highest BCUT2D eigenvalue weighted by molar-refractivity contribution is 5.73. The molecule has 0 spiro atoms. The Balaban J connectivity index is 2.95. The maximum Gasteiger partial charge on any atom is 0.174 e. The van der Waals surface area contributed by atoms with E-state index in [1.807, 2.05) is 24.3 Å². The number of hydrogen-bond acceptors (Lipinski definition) is 1. The van der Waals surface area contributed by atoms with Gasteiger partial charge in [-0.1, -0.05) is 12.1 Å². The van der Waals surface area contributed by atoms with Crippen molar-refractivity contribution in [2.45, 2.75) is 0 Å². The molecule has 0 aliphatic heterocycles. The second kappa shape index (κ2) is 1.58. The van der Waals surface area contributed by atoms with E-state index in [4.69, 9.17) is 0 Å². The molecule has 0 saturated heterocycles. The topological polar surface area (TPSA) is 28.7 Å². The van der Waals surface area contributed by atoms with Crippen molar-refractivity contribution in [2.24, 2.45) is 0 Å². The largest absolute Gasteiger partial charge is 0.335 e. The lowest BCUT2D eigenvalue weighted by Gasteiger charge is -1.81. The summed E-state index contributed by atoms with van der Waals surface area (Å²) in [4.78, 5) is 6.82. The first-order valence-corrected chi connectivity index (χ1v) is 2.77. The molecule has 0 amide bonds. The summed E-state index contributed by atoms with van der Waals surface area (Å²) < 4.78 is 0. The van der Waals surface area contributed by atoms with Crippen LogP contribution in [0.3, 0.4) is 0 Å². The number of para-hydroxylation sites is 2. The normalized spacial score (nSPS) is 10.2. The molecule has 2 rings (SSSR count). The highest BCUT2D eigenvalue weighted by atomic mass is 14.9. The van der Waals surface area contributed by atoms with Crippen LogP contribution in [0.2, 0.25) is 0 Å². The molecule has 0 aliphatic carbocycles. The Bertz CT molecular complexity index is 281. The number of hydrogen-bond donors (Lipinski definition) is 1. The molecule has 0 bridgehead atoms.